The highest BCUT2D eigenvalue weighted by molar-refractivity contribution is 5.92. The van der Waals surface area contributed by atoms with E-state index in [1.54, 1.807) is 13.0 Å². The minimum atomic E-state index is -0.195. The Balaban J connectivity index is 1.71. The van der Waals surface area contributed by atoms with E-state index in [1.165, 1.54) is 0 Å². The summed E-state index contributed by atoms with van der Waals surface area (Å²) in [7, 11) is 0. The molecule has 1 N–H and O–H groups in total. The Bertz CT molecular complexity index is 658. The number of nitrogens with one attached hydrogen (secondary N) is 1. The van der Waals surface area contributed by atoms with E-state index in [2.05, 4.69) is 39.1 Å². The van der Waals surface area contributed by atoms with E-state index >= 15 is 0 Å². The first-order chi connectivity index (χ1) is 10.0. The molecular weight excluding hydrogens is 270 g/mol. The molecule has 0 bridgehead atoms. The summed E-state index contributed by atoms with van der Waals surface area (Å²) < 4.78 is 7.05. The van der Waals surface area contributed by atoms with Crippen LogP contribution >= 0.6 is 0 Å². The van der Waals surface area contributed by atoms with Crippen molar-refractivity contribution in [3.05, 3.63) is 29.2 Å². The molecule has 1 atom stereocenters. The minimum absolute atomic E-state index is 0.0653. The number of hydrogen-bond donors (Lipinski definition) is 1. The fourth-order valence-corrected chi connectivity index (χ4v) is 2.63. The molecule has 0 fully saturated rings. The fourth-order valence-electron chi connectivity index (χ4n) is 2.63. The molecule has 0 spiro atoms. The Morgan fingerprint density at radius 2 is 2.29 bits per heavy atom. The van der Waals surface area contributed by atoms with E-state index in [0.29, 0.717) is 23.9 Å². The summed E-state index contributed by atoms with van der Waals surface area (Å²) in [5.74, 6) is 2.73. The van der Waals surface area contributed by atoms with Gasteiger partial charge in [0.05, 0.1) is 0 Å². The number of aromatic nitrogens is 4. The monoisotopic (exact) mass is 289 g/mol. The van der Waals surface area contributed by atoms with Gasteiger partial charge < -0.3 is 14.4 Å². The van der Waals surface area contributed by atoms with Gasteiger partial charge in [0.25, 0.3) is 5.91 Å². The van der Waals surface area contributed by atoms with Crippen molar-refractivity contribution in [1.29, 1.82) is 0 Å². The molecule has 1 aliphatic rings. The fraction of sp³-hybridized carbons (Fsp3) is 0.571. The Morgan fingerprint density at radius 3 is 2.95 bits per heavy atom. The summed E-state index contributed by atoms with van der Waals surface area (Å²) in [6.07, 6.45) is 1.68. The molecule has 2 aromatic heterocycles. The van der Waals surface area contributed by atoms with Crippen LogP contribution < -0.4 is 5.32 Å². The predicted octanol–water partition coefficient (Wildman–Crippen LogP) is 1.44. The number of nitrogens with zero attached hydrogens (tertiary/aromatic N) is 4. The molecule has 2 aromatic rings. The van der Waals surface area contributed by atoms with Crippen LogP contribution in [0.1, 0.15) is 54.1 Å². The second kappa shape index (κ2) is 5.31. The predicted molar refractivity (Wildman–Crippen MR) is 74.9 cm³/mol. The summed E-state index contributed by atoms with van der Waals surface area (Å²) in [5, 5.41) is 15.2. The summed E-state index contributed by atoms with van der Waals surface area (Å²) in [6, 6.07) is 1.71. The Hall–Kier alpha value is -2.18. The van der Waals surface area contributed by atoms with E-state index < -0.39 is 0 Å². The smallest absolute Gasteiger partial charge is 0.273 e. The summed E-state index contributed by atoms with van der Waals surface area (Å²) >= 11 is 0. The van der Waals surface area contributed by atoms with Crippen LogP contribution in [0.25, 0.3) is 0 Å². The molecule has 1 aliphatic heterocycles. The largest absolute Gasteiger partial charge is 0.361 e. The van der Waals surface area contributed by atoms with Crippen LogP contribution in [0.4, 0.5) is 0 Å². The molecule has 1 unspecified atom stereocenters. The van der Waals surface area contributed by atoms with Crippen molar-refractivity contribution in [2.75, 3.05) is 0 Å². The average molecular weight is 289 g/mol. The van der Waals surface area contributed by atoms with Crippen molar-refractivity contribution in [3.63, 3.8) is 0 Å². The third kappa shape index (κ3) is 2.68. The number of hydrogen-bond acceptors (Lipinski definition) is 5. The van der Waals surface area contributed by atoms with Crippen molar-refractivity contribution in [1.82, 2.24) is 25.2 Å². The number of amides is 1. The van der Waals surface area contributed by atoms with Crippen molar-refractivity contribution in [2.24, 2.45) is 0 Å². The molecule has 7 nitrogen and oxygen atoms in total. The normalized spacial score (nSPS) is 17.8. The summed E-state index contributed by atoms with van der Waals surface area (Å²) in [4.78, 5) is 12.1. The highest BCUT2D eigenvalue weighted by Crippen LogP contribution is 2.20. The number of fused-ring (bicyclic) bond motifs is 1. The number of rotatable bonds is 3. The molecule has 3 heterocycles. The van der Waals surface area contributed by atoms with Gasteiger partial charge >= 0.3 is 0 Å². The first-order valence-electron chi connectivity index (χ1n) is 7.20. The van der Waals surface area contributed by atoms with Gasteiger partial charge in [0.2, 0.25) is 0 Å². The van der Waals surface area contributed by atoms with Gasteiger partial charge in [0.1, 0.15) is 17.4 Å². The molecule has 0 aliphatic carbocycles. The minimum Gasteiger partial charge on any atom is -0.361 e. The molecule has 0 radical (unpaired) electrons. The molecule has 0 saturated carbocycles. The third-order valence-electron chi connectivity index (χ3n) is 3.69. The van der Waals surface area contributed by atoms with E-state index in [1.807, 2.05) is 0 Å². The summed E-state index contributed by atoms with van der Waals surface area (Å²) in [5.41, 5.74) is 0.325. The maximum Gasteiger partial charge on any atom is 0.273 e. The molecule has 7 heteroatoms. The molecule has 0 saturated heterocycles. The van der Waals surface area contributed by atoms with E-state index in [-0.39, 0.29) is 11.9 Å². The maximum atomic E-state index is 12.1. The Morgan fingerprint density at radius 1 is 1.48 bits per heavy atom. The lowest BCUT2D eigenvalue weighted by Crippen LogP contribution is -2.41. The average Bonchev–Trinajstić information content (AvgIpc) is 3.04. The highest BCUT2D eigenvalue weighted by Gasteiger charge is 2.25. The Labute approximate surface area is 122 Å². The number of carbonyl (C=O) groups is 1. The first kappa shape index (κ1) is 13.8. The van der Waals surface area contributed by atoms with Gasteiger partial charge in [-0.1, -0.05) is 19.0 Å². The van der Waals surface area contributed by atoms with Gasteiger partial charge in [0, 0.05) is 31.0 Å². The van der Waals surface area contributed by atoms with Crippen LogP contribution in [0.15, 0.2) is 10.6 Å². The molecule has 112 valence electrons. The molecule has 3 rings (SSSR count). The first-order valence-corrected chi connectivity index (χ1v) is 7.20. The highest BCUT2D eigenvalue weighted by atomic mass is 16.5. The number of aryl methyl sites for hydroxylation is 2. The standard InChI is InChI=1S/C14H19N5O2/c1-8(2)13-17-16-12-5-4-10(7-19(12)13)15-14(20)11-6-9(3)21-18-11/h6,8,10H,4-5,7H2,1-3H3,(H,15,20). The van der Waals surface area contributed by atoms with Gasteiger partial charge in [-0.15, -0.1) is 10.2 Å². The zero-order valence-corrected chi connectivity index (χ0v) is 12.5. The maximum absolute atomic E-state index is 12.1. The van der Waals surface area contributed by atoms with Crippen molar-refractivity contribution < 1.29 is 9.32 Å². The second-order valence-electron chi connectivity index (χ2n) is 5.77. The van der Waals surface area contributed by atoms with Crippen LogP contribution in [-0.4, -0.2) is 31.9 Å². The van der Waals surface area contributed by atoms with Crippen LogP contribution in [-0.2, 0) is 13.0 Å². The third-order valence-corrected chi connectivity index (χ3v) is 3.69. The molecule has 1 amide bonds. The van der Waals surface area contributed by atoms with E-state index in [0.717, 1.165) is 24.5 Å². The van der Waals surface area contributed by atoms with E-state index in [4.69, 9.17) is 4.52 Å². The van der Waals surface area contributed by atoms with Crippen molar-refractivity contribution >= 4 is 5.91 Å². The zero-order valence-electron chi connectivity index (χ0n) is 12.5. The van der Waals surface area contributed by atoms with Gasteiger partial charge in [-0.05, 0) is 13.3 Å². The van der Waals surface area contributed by atoms with Crippen molar-refractivity contribution in [2.45, 2.75) is 52.1 Å². The Kier molecular flexibility index (Phi) is 3.48. The SMILES string of the molecule is Cc1cc(C(=O)NC2CCc3nnc(C(C)C)n3C2)no1. The lowest BCUT2D eigenvalue weighted by molar-refractivity contribution is 0.0918. The van der Waals surface area contributed by atoms with Gasteiger partial charge in [0.15, 0.2) is 5.69 Å². The molecule has 21 heavy (non-hydrogen) atoms. The van der Waals surface area contributed by atoms with Gasteiger partial charge in [-0.25, -0.2) is 0 Å². The topological polar surface area (TPSA) is 85.8 Å². The molecule has 0 aromatic carbocycles. The lowest BCUT2D eigenvalue weighted by Gasteiger charge is -2.25. The van der Waals surface area contributed by atoms with Crippen molar-refractivity contribution in [3.8, 4) is 0 Å². The van der Waals surface area contributed by atoms with Crippen LogP contribution in [0.2, 0.25) is 0 Å². The van der Waals surface area contributed by atoms with E-state index in [9.17, 15) is 4.79 Å². The lowest BCUT2D eigenvalue weighted by atomic mass is 10.1. The van der Waals surface area contributed by atoms with Gasteiger partial charge in [-0.2, -0.15) is 0 Å². The van der Waals surface area contributed by atoms with Crippen LogP contribution in [0, 0.1) is 6.92 Å². The number of carbonyl (C=O) groups excluding carboxylic acids is 1. The summed E-state index contributed by atoms with van der Waals surface area (Å²) in [6.45, 7) is 6.66. The second-order valence-corrected chi connectivity index (χ2v) is 5.77. The molecular formula is C14H19N5O2. The van der Waals surface area contributed by atoms with Crippen LogP contribution in [0.5, 0.6) is 0 Å². The quantitative estimate of drug-likeness (QED) is 0.924. The van der Waals surface area contributed by atoms with Crippen LogP contribution in [0.3, 0.4) is 0 Å². The zero-order chi connectivity index (χ0) is 15.0. The van der Waals surface area contributed by atoms with Gasteiger partial charge in [-0.3, -0.25) is 4.79 Å².